The molecule has 0 saturated carbocycles. The van der Waals surface area contributed by atoms with Crippen molar-refractivity contribution in [2.24, 2.45) is 5.10 Å². The van der Waals surface area contributed by atoms with Crippen molar-refractivity contribution in [3.05, 3.63) is 29.6 Å². The van der Waals surface area contributed by atoms with E-state index in [1.807, 2.05) is 24.5 Å². The van der Waals surface area contributed by atoms with Gasteiger partial charge in [0.15, 0.2) is 17.3 Å². The Morgan fingerprint density at radius 3 is 2.47 bits per heavy atom. The highest BCUT2D eigenvalue weighted by Crippen LogP contribution is 2.28. The number of ether oxygens (including phenoxy) is 2. The highest BCUT2D eigenvalue weighted by molar-refractivity contribution is 7.98. The van der Waals surface area contributed by atoms with Gasteiger partial charge in [0.05, 0.1) is 19.9 Å². The molecule has 2 aromatic rings. The van der Waals surface area contributed by atoms with Gasteiger partial charge in [-0.05, 0) is 36.4 Å². The molecule has 0 bridgehead atoms. The molecule has 6 nitrogen and oxygen atoms in total. The summed E-state index contributed by atoms with van der Waals surface area (Å²) in [4.78, 5) is 0. The molecule has 0 radical (unpaired) electrons. The maximum Gasteiger partial charge on any atom is 0.211 e. The summed E-state index contributed by atoms with van der Waals surface area (Å²) in [6.45, 7) is 7.13. The van der Waals surface area contributed by atoms with Gasteiger partial charge in [-0.1, -0.05) is 71.1 Å². The summed E-state index contributed by atoms with van der Waals surface area (Å²) in [6.07, 6.45) is 12.7. The van der Waals surface area contributed by atoms with Crippen LogP contribution in [-0.4, -0.2) is 41.1 Å². The molecular formula is C23H36N4O2S. The summed E-state index contributed by atoms with van der Waals surface area (Å²) >= 11 is 1.53. The number of aromatic nitrogens is 3. The third-order valence-corrected chi connectivity index (χ3v) is 5.47. The topological polar surface area (TPSA) is 61.5 Å². The lowest BCUT2D eigenvalue weighted by Crippen LogP contribution is -2.02. The Hall–Kier alpha value is -2.02. The van der Waals surface area contributed by atoms with Gasteiger partial charge in [-0.25, -0.2) is 0 Å². The van der Waals surface area contributed by atoms with Crippen molar-refractivity contribution >= 4 is 18.0 Å². The van der Waals surface area contributed by atoms with Crippen LogP contribution in [0.15, 0.2) is 28.5 Å². The summed E-state index contributed by atoms with van der Waals surface area (Å²) in [5.41, 5.74) is 0.936. The molecule has 7 heteroatoms. The fraction of sp³-hybridized carbons (Fsp3) is 0.609. The molecule has 0 aliphatic heterocycles. The molecule has 1 aromatic heterocycles. The lowest BCUT2D eigenvalue weighted by Gasteiger charge is -2.11. The largest absolute Gasteiger partial charge is 0.493 e. The normalized spacial score (nSPS) is 11.5. The molecule has 0 saturated heterocycles. The van der Waals surface area contributed by atoms with Gasteiger partial charge < -0.3 is 9.47 Å². The number of hydrogen-bond donors (Lipinski definition) is 0. The highest BCUT2D eigenvalue weighted by Gasteiger charge is 2.13. The number of rotatable bonds is 14. The third-order valence-electron chi connectivity index (χ3n) is 4.85. The number of benzene rings is 1. The Balaban J connectivity index is 1.94. The SMILES string of the molecule is CCCCCCCCCOc1ccc(/C=N\n2c(SC)nnc2C(C)C)cc1OC. The van der Waals surface area contributed by atoms with E-state index in [9.17, 15) is 0 Å². The van der Waals surface area contributed by atoms with Gasteiger partial charge in [0, 0.05) is 5.92 Å². The van der Waals surface area contributed by atoms with E-state index in [4.69, 9.17) is 9.47 Å². The first-order valence-corrected chi connectivity index (χ1v) is 12.2. The summed E-state index contributed by atoms with van der Waals surface area (Å²) < 4.78 is 13.3. The fourth-order valence-electron chi connectivity index (χ4n) is 3.12. The maximum atomic E-state index is 5.95. The quantitative estimate of drug-likeness (QED) is 0.204. The van der Waals surface area contributed by atoms with E-state index in [-0.39, 0.29) is 5.92 Å². The first kappa shape index (κ1) is 24.3. The van der Waals surface area contributed by atoms with Crippen LogP contribution in [-0.2, 0) is 0 Å². The second kappa shape index (κ2) is 13.3. The van der Waals surface area contributed by atoms with E-state index in [0.29, 0.717) is 6.61 Å². The van der Waals surface area contributed by atoms with Crippen LogP contribution < -0.4 is 9.47 Å². The Morgan fingerprint density at radius 2 is 1.80 bits per heavy atom. The number of nitrogens with zero attached hydrogens (tertiary/aromatic N) is 4. The monoisotopic (exact) mass is 432 g/mol. The first-order valence-electron chi connectivity index (χ1n) is 10.9. The van der Waals surface area contributed by atoms with Crippen molar-refractivity contribution in [2.45, 2.75) is 76.8 Å². The van der Waals surface area contributed by atoms with Crippen molar-refractivity contribution in [1.82, 2.24) is 14.9 Å². The lowest BCUT2D eigenvalue weighted by atomic mass is 10.1. The minimum absolute atomic E-state index is 0.243. The van der Waals surface area contributed by atoms with E-state index >= 15 is 0 Å². The fourth-order valence-corrected chi connectivity index (χ4v) is 3.56. The Kier molecular flexibility index (Phi) is 10.8. The van der Waals surface area contributed by atoms with Crippen LogP contribution in [0.3, 0.4) is 0 Å². The lowest BCUT2D eigenvalue weighted by molar-refractivity contribution is 0.284. The first-order chi connectivity index (χ1) is 14.6. The van der Waals surface area contributed by atoms with Crippen LogP contribution in [0.5, 0.6) is 11.5 Å². The molecule has 0 amide bonds. The van der Waals surface area contributed by atoms with Crippen molar-refractivity contribution in [1.29, 1.82) is 0 Å². The zero-order chi connectivity index (χ0) is 21.8. The van der Waals surface area contributed by atoms with Gasteiger partial charge in [-0.3, -0.25) is 0 Å². The summed E-state index contributed by atoms with van der Waals surface area (Å²) in [5, 5.41) is 13.8. The third kappa shape index (κ3) is 7.35. The zero-order valence-electron chi connectivity index (χ0n) is 19.1. The summed E-state index contributed by atoms with van der Waals surface area (Å²) in [6, 6.07) is 5.89. The Morgan fingerprint density at radius 1 is 1.07 bits per heavy atom. The molecule has 1 heterocycles. The van der Waals surface area contributed by atoms with Crippen LogP contribution in [0.1, 0.15) is 83.0 Å². The van der Waals surface area contributed by atoms with Gasteiger partial charge >= 0.3 is 0 Å². The molecule has 166 valence electrons. The maximum absolute atomic E-state index is 5.95. The molecule has 0 fully saturated rings. The minimum atomic E-state index is 0.243. The summed E-state index contributed by atoms with van der Waals surface area (Å²) in [7, 11) is 1.67. The van der Waals surface area contributed by atoms with E-state index in [1.54, 1.807) is 18.0 Å². The second-order valence-electron chi connectivity index (χ2n) is 7.64. The highest BCUT2D eigenvalue weighted by atomic mass is 32.2. The van der Waals surface area contributed by atoms with Crippen LogP contribution in [0.25, 0.3) is 0 Å². The molecule has 0 N–H and O–H groups in total. The van der Waals surface area contributed by atoms with Gasteiger partial charge in [-0.2, -0.15) is 9.78 Å². The molecule has 1 aromatic carbocycles. The zero-order valence-corrected chi connectivity index (χ0v) is 19.9. The van der Waals surface area contributed by atoms with Crippen LogP contribution in [0.2, 0.25) is 0 Å². The predicted octanol–water partition coefficient (Wildman–Crippen LogP) is 6.14. The summed E-state index contributed by atoms with van der Waals surface area (Å²) in [5.74, 6) is 2.59. The molecule has 30 heavy (non-hydrogen) atoms. The van der Waals surface area contributed by atoms with E-state index in [2.05, 4.69) is 36.1 Å². The van der Waals surface area contributed by atoms with Crippen LogP contribution in [0, 0.1) is 0 Å². The predicted molar refractivity (Wildman–Crippen MR) is 125 cm³/mol. The second-order valence-corrected chi connectivity index (χ2v) is 8.41. The molecule has 0 aliphatic carbocycles. The number of unbranched alkanes of at least 4 members (excludes halogenated alkanes) is 6. The van der Waals surface area contributed by atoms with Gasteiger partial charge in [0.2, 0.25) is 5.16 Å². The Bertz CT molecular complexity index is 790. The smallest absolute Gasteiger partial charge is 0.211 e. The van der Waals surface area contributed by atoms with Crippen molar-refractivity contribution in [2.75, 3.05) is 20.0 Å². The Labute approximate surface area is 185 Å². The van der Waals surface area contributed by atoms with Crippen LogP contribution >= 0.6 is 11.8 Å². The van der Waals surface area contributed by atoms with E-state index in [1.165, 1.54) is 50.3 Å². The number of methoxy groups -OCH3 is 1. The van der Waals surface area contributed by atoms with Gasteiger partial charge in [0.1, 0.15) is 0 Å². The van der Waals surface area contributed by atoms with E-state index in [0.717, 1.165) is 34.5 Å². The van der Waals surface area contributed by atoms with Gasteiger partial charge in [0.25, 0.3) is 0 Å². The van der Waals surface area contributed by atoms with Crippen LogP contribution in [0.4, 0.5) is 0 Å². The number of thioether (sulfide) groups is 1. The van der Waals surface area contributed by atoms with Crippen molar-refractivity contribution in [3.63, 3.8) is 0 Å². The van der Waals surface area contributed by atoms with Crippen molar-refractivity contribution in [3.8, 4) is 11.5 Å². The molecule has 0 unspecified atom stereocenters. The molecular weight excluding hydrogens is 396 g/mol. The minimum Gasteiger partial charge on any atom is -0.493 e. The molecule has 0 aliphatic rings. The van der Waals surface area contributed by atoms with E-state index < -0.39 is 0 Å². The standard InChI is InChI=1S/C23H36N4O2S/c1-6-7-8-9-10-11-12-15-29-20-14-13-19(16-21(20)28-4)17-24-27-22(18(2)3)25-26-23(27)30-5/h13-14,16-18H,6-12,15H2,1-5H3/b24-17-. The average molecular weight is 433 g/mol. The number of hydrogen-bond acceptors (Lipinski definition) is 6. The molecule has 2 rings (SSSR count). The average Bonchev–Trinajstić information content (AvgIpc) is 3.17. The molecule has 0 spiro atoms. The van der Waals surface area contributed by atoms with Crippen molar-refractivity contribution < 1.29 is 9.47 Å². The van der Waals surface area contributed by atoms with Gasteiger partial charge in [-0.15, -0.1) is 10.2 Å². The molecule has 0 atom stereocenters.